The van der Waals surface area contributed by atoms with E-state index in [1.807, 2.05) is 0 Å². The van der Waals surface area contributed by atoms with Gasteiger partial charge in [0.25, 0.3) is 5.91 Å². The zero-order valence-electron chi connectivity index (χ0n) is 12.4. The van der Waals surface area contributed by atoms with E-state index < -0.39 is 11.9 Å². The number of carboxylic acid groups (broad SMARTS) is 1. The van der Waals surface area contributed by atoms with E-state index >= 15 is 0 Å². The number of para-hydroxylation sites is 2. The van der Waals surface area contributed by atoms with Gasteiger partial charge in [-0.1, -0.05) is 18.2 Å². The van der Waals surface area contributed by atoms with E-state index in [1.165, 1.54) is 30.3 Å². The molecule has 0 radical (unpaired) electrons. The maximum absolute atomic E-state index is 12.1. The van der Waals surface area contributed by atoms with E-state index in [-0.39, 0.29) is 22.6 Å². The Hall–Kier alpha value is -3.79. The number of aromatic carboxylic acids is 1. The predicted octanol–water partition coefficient (Wildman–Crippen LogP) is 2.55. The molecule has 1 amide bonds. The van der Waals surface area contributed by atoms with E-state index in [1.54, 1.807) is 24.3 Å². The number of nitriles is 1. The normalized spacial score (nSPS) is 10.5. The summed E-state index contributed by atoms with van der Waals surface area (Å²) in [5.41, 5.74) is 0.371. The standard InChI is InChI=1S/C17H13N3O4/c18-9-12(10-19-14-6-1-2-7-15(14)21)16(22)20-13-5-3-4-11(8-13)17(23)24/h1-8,10,19,21H,(H,20,22)(H,23,24)/b12-10-. The van der Waals surface area contributed by atoms with E-state index in [9.17, 15) is 14.7 Å². The van der Waals surface area contributed by atoms with Gasteiger partial charge in [0.2, 0.25) is 0 Å². The molecule has 0 aliphatic heterocycles. The first-order valence-electron chi connectivity index (χ1n) is 6.81. The molecule has 24 heavy (non-hydrogen) atoms. The number of aromatic hydroxyl groups is 1. The number of carbonyl (C=O) groups is 2. The van der Waals surface area contributed by atoms with Crippen molar-refractivity contribution in [1.82, 2.24) is 0 Å². The third-order valence-corrected chi connectivity index (χ3v) is 3.01. The number of benzene rings is 2. The van der Waals surface area contributed by atoms with E-state index in [4.69, 9.17) is 10.4 Å². The van der Waals surface area contributed by atoms with Crippen molar-refractivity contribution >= 4 is 23.3 Å². The van der Waals surface area contributed by atoms with Crippen LogP contribution in [0, 0.1) is 11.3 Å². The van der Waals surface area contributed by atoms with Gasteiger partial charge in [0, 0.05) is 11.9 Å². The van der Waals surface area contributed by atoms with E-state index in [0.717, 1.165) is 6.20 Å². The van der Waals surface area contributed by atoms with Crippen LogP contribution in [0.25, 0.3) is 0 Å². The predicted molar refractivity (Wildman–Crippen MR) is 87.5 cm³/mol. The molecule has 0 saturated heterocycles. The van der Waals surface area contributed by atoms with Gasteiger partial charge in [-0.3, -0.25) is 4.79 Å². The molecule has 0 aliphatic carbocycles. The van der Waals surface area contributed by atoms with Gasteiger partial charge >= 0.3 is 5.97 Å². The average Bonchev–Trinajstić information content (AvgIpc) is 2.57. The van der Waals surface area contributed by atoms with Crippen LogP contribution in [0.2, 0.25) is 0 Å². The average molecular weight is 323 g/mol. The number of anilines is 2. The van der Waals surface area contributed by atoms with Crippen LogP contribution in [0.1, 0.15) is 10.4 Å². The number of nitrogens with one attached hydrogen (secondary N) is 2. The molecule has 0 aromatic heterocycles. The number of hydrogen-bond acceptors (Lipinski definition) is 5. The smallest absolute Gasteiger partial charge is 0.335 e. The summed E-state index contributed by atoms with van der Waals surface area (Å²) in [6.07, 6.45) is 1.16. The number of phenols is 1. The molecule has 0 fully saturated rings. The number of carbonyl (C=O) groups excluding carboxylic acids is 1. The maximum Gasteiger partial charge on any atom is 0.335 e. The molecular weight excluding hydrogens is 310 g/mol. The van der Waals surface area contributed by atoms with Gasteiger partial charge in [-0.2, -0.15) is 5.26 Å². The molecule has 120 valence electrons. The SMILES string of the molecule is N#C/C(=C/Nc1ccccc1O)C(=O)Nc1cccc(C(=O)O)c1. The van der Waals surface area contributed by atoms with Crippen molar-refractivity contribution in [2.24, 2.45) is 0 Å². The summed E-state index contributed by atoms with van der Waals surface area (Å²) in [4.78, 5) is 23.0. The van der Waals surface area contributed by atoms with Gasteiger partial charge in [-0.25, -0.2) is 4.79 Å². The maximum atomic E-state index is 12.1. The van der Waals surface area contributed by atoms with Crippen LogP contribution in [0.15, 0.2) is 60.3 Å². The Morgan fingerprint density at radius 2 is 1.88 bits per heavy atom. The minimum absolute atomic E-state index is 0.0163. The third-order valence-electron chi connectivity index (χ3n) is 3.01. The van der Waals surface area contributed by atoms with Gasteiger partial charge in [0.1, 0.15) is 17.4 Å². The lowest BCUT2D eigenvalue weighted by Crippen LogP contribution is -2.15. The highest BCUT2D eigenvalue weighted by Gasteiger charge is 2.11. The molecular formula is C17H13N3O4. The van der Waals surface area contributed by atoms with Crippen molar-refractivity contribution in [3.8, 4) is 11.8 Å². The highest BCUT2D eigenvalue weighted by Crippen LogP contribution is 2.21. The fourth-order valence-electron chi connectivity index (χ4n) is 1.82. The van der Waals surface area contributed by atoms with Crippen LogP contribution < -0.4 is 10.6 Å². The van der Waals surface area contributed by atoms with Crippen LogP contribution in [0.5, 0.6) is 5.75 Å². The van der Waals surface area contributed by atoms with Crippen molar-refractivity contribution < 1.29 is 19.8 Å². The Bertz CT molecular complexity index is 853. The summed E-state index contributed by atoms with van der Waals surface area (Å²) in [6.45, 7) is 0. The summed E-state index contributed by atoms with van der Waals surface area (Å²) < 4.78 is 0. The van der Waals surface area contributed by atoms with Crippen molar-refractivity contribution in [1.29, 1.82) is 5.26 Å². The molecule has 0 atom stereocenters. The van der Waals surface area contributed by atoms with Crippen LogP contribution in [-0.4, -0.2) is 22.1 Å². The Kier molecular flexibility index (Phi) is 5.16. The number of rotatable bonds is 5. The van der Waals surface area contributed by atoms with Crippen LogP contribution in [0.4, 0.5) is 11.4 Å². The summed E-state index contributed by atoms with van der Waals surface area (Å²) in [6, 6.07) is 13.8. The molecule has 0 bridgehead atoms. The lowest BCUT2D eigenvalue weighted by atomic mass is 10.2. The minimum Gasteiger partial charge on any atom is -0.506 e. The molecule has 2 aromatic carbocycles. The molecule has 2 rings (SSSR count). The Balaban J connectivity index is 2.13. The van der Waals surface area contributed by atoms with Gasteiger partial charge in [0.15, 0.2) is 0 Å². The highest BCUT2D eigenvalue weighted by atomic mass is 16.4. The molecule has 0 aliphatic rings. The first-order valence-corrected chi connectivity index (χ1v) is 6.81. The fourth-order valence-corrected chi connectivity index (χ4v) is 1.82. The second-order valence-corrected chi connectivity index (χ2v) is 4.67. The Morgan fingerprint density at radius 3 is 2.54 bits per heavy atom. The fraction of sp³-hybridized carbons (Fsp3) is 0. The minimum atomic E-state index is -1.12. The molecule has 2 aromatic rings. The van der Waals surface area contributed by atoms with E-state index in [2.05, 4.69) is 10.6 Å². The number of carboxylic acids is 1. The highest BCUT2D eigenvalue weighted by molar-refractivity contribution is 6.07. The molecule has 7 heteroatoms. The van der Waals surface area contributed by atoms with Crippen LogP contribution >= 0.6 is 0 Å². The van der Waals surface area contributed by atoms with Crippen molar-refractivity contribution in [3.63, 3.8) is 0 Å². The van der Waals surface area contributed by atoms with Crippen molar-refractivity contribution in [2.75, 3.05) is 10.6 Å². The lowest BCUT2D eigenvalue weighted by molar-refractivity contribution is -0.112. The molecule has 0 saturated carbocycles. The second-order valence-electron chi connectivity index (χ2n) is 4.67. The Labute approximate surface area is 137 Å². The van der Waals surface area contributed by atoms with E-state index in [0.29, 0.717) is 5.69 Å². The molecule has 4 N–H and O–H groups in total. The van der Waals surface area contributed by atoms with Crippen LogP contribution in [0.3, 0.4) is 0 Å². The molecule has 7 nitrogen and oxygen atoms in total. The summed E-state index contributed by atoms with van der Waals surface area (Å²) in [5.74, 6) is -1.85. The van der Waals surface area contributed by atoms with Crippen molar-refractivity contribution in [3.05, 3.63) is 65.9 Å². The van der Waals surface area contributed by atoms with Gasteiger partial charge in [-0.15, -0.1) is 0 Å². The first kappa shape index (κ1) is 16.6. The summed E-state index contributed by atoms with van der Waals surface area (Å²) in [7, 11) is 0. The molecule has 0 spiro atoms. The molecule has 0 unspecified atom stereocenters. The van der Waals surface area contributed by atoms with Crippen LogP contribution in [-0.2, 0) is 4.79 Å². The topological polar surface area (TPSA) is 122 Å². The van der Waals surface area contributed by atoms with Crippen molar-refractivity contribution in [2.45, 2.75) is 0 Å². The van der Waals surface area contributed by atoms with Gasteiger partial charge in [0.05, 0.1) is 11.3 Å². The number of nitrogens with zero attached hydrogens (tertiary/aromatic N) is 1. The third kappa shape index (κ3) is 4.11. The Morgan fingerprint density at radius 1 is 1.12 bits per heavy atom. The monoisotopic (exact) mass is 323 g/mol. The van der Waals surface area contributed by atoms with Gasteiger partial charge in [-0.05, 0) is 30.3 Å². The summed E-state index contributed by atoms with van der Waals surface area (Å²) in [5, 5.41) is 32.7. The lowest BCUT2D eigenvalue weighted by Gasteiger charge is -2.07. The number of hydrogen-bond donors (Lipinski definition) is 4. The number of amides is 1. The number of phenolic OH excluding ortho intramolecular Hbond substituents is 1. The summed E-state index contributed by atoms with van der Waals surface area (Å²) >= 11 is 0. The zero-order valence-corrected chi connectivity index (χ0v) is 12.4. The zero-order chi connectivity index (χ0) is 17.5. The quantitative estimate of drug-likeness (QED) is 0.381. The second kappa shape index (κ2) is 7.47. The van der Waals surface area contributed by atoms with Gasteiger partial charge < -0.3 is 20.8 Å². The first-order chi connectivity index (χ1) is 11.5. The molecule has 0 heterocycles. The largest absolute Gasteiger partial charge is 0.506 e.